The maximum atomic E-state index is 5.69. The summed E-state index contributed by atoms with van der Waals surface area (Å²) in [7, 11) is 0. The van der Waals surface area contributed by atoms with Gasteiger partial charge in [-0.15, -0.1) is 11.3 Å². The summed E-state index contributed by atoms with van der Waals surface area (Å²) in [5.41, 5.74) is 6.80. The molecule has 1 rings (SSSR count). The second-order valence-electron chi connectivity index (χ2n) is 4.97. The van der Waals surface area contributed by atoms with Gasteiger partial charge in [-0.1, -0.05) is 27.7 Å². The van der Waals surface area contributed by atoms with E-state index in [9.17, 15) is 0 Å². The Morgan fingerprint density at radius 3 is 2.41 bits per heavy atom. The molecule has 0 aliphatic rings. The highest BCUT2D eigenvalue weighted by molar-refractivity contribution is 7.13. The minimum Gasteiger partial charge on any atom is -0.375 e. The number of hydrogen-bond acceptors (Lipinski definition) is 4. The molecule has 3 nitrogen and oxygen atoms in total. The normalized spacial score (nSPS) is 11.9. The predicted octanol–water partition coefficient (Wildman–Crippen LogP) is 3.37. The molecule has 0 amide bonds. The van der Waals surface area contributed by atoms with Crippen molar-refractivity contribution in [1.29, 1.82) is 0 Å². The third kappa shape index (κ3) is 4.64. The number of anilines is 1. The fraction of sp³-hybridized carbons (Fsp3) is 0.769. The summed E-state index contributed by atoms with van der Waals surface area (Å²) in [6.45, 7) is 11.1. The van der Waals surface area contributed by atoms with Gasteiger partial charge in [-0.25, -0.2) is 4.98 Å². The van der Waals surface area contributed by atoms with Gasteiger partial charge in [0.25, 0.3) is 0 Å². The number of hydrogen-bond donors (Lipinski definition) is 1. The van der Waals surface area contributed by atoms with Crippen LogP contribution in [0.15, 0.2) is 5.38 Å². The maximum absolute atomic E-state index is 5.69. The summed E-state index contributed by atoms with van der Waals surface area (Å²) >= 11 is 1.53. The average Bonchev–Trinajstić information content (AvgIpc) is 2.65. The van der Waals surface area contributed by atoms with Gasteiger partial charge < -0.3 is 5.73 Å². The first-order valence-corrected chi connectivity index (χ1v) is 7.38. The molecule has 0 spiro atoms. The number of nitrogens with zero attached hydrogens (tertiary/aromatic N) is 2. The van der Waals surface area contributed by atoms with Crippen LogP contribution in [-0.2, 0) is 6.54 Å². The monoisotopic (exact) mass is 255 g/mol. The minimum absolute atomic E-state index is 0.653. The zero-order valence-electron chi connectivity index (χ0n) is 11.4. The van der Waals surface area contributed by atoms with E-state index in [2.05, 4.69) is 43.0 Å². The topological polar surface area (TPSA) is 42.1 Å². The molecule has 0 aromatic carbocycles. The number of thiazole rings is 1. The van der Waals surface area contributed by atoms with Crippen molar-refractivity contribution in [3.8, 4) is 0 Å². The molecule has 0 aliphatic carbocycles. The molecule has 1 aromatic heterocycles. The van der Waals surface area contributed by atoms with Crippen LogP contribution in [0, 0.1) is 5.92 Å². The lowest BCUT2D eigenvalue weighted by Crippen LogP contribution is -2.36. The average molecular weight is 255 g/mol. The van der Waals surface area contributed by atoms with Crippen LogP contribution in [0.5, 0.6) is 0 Å². The number of aromatic nitrogens is 1. The standard InChI is InChI=1S/C13H25N3S/c1-5-12(6-2)16(7-10(3)4)8-11-9-17-13(14)15-11/h9-10,12H,5-8H2,1-4H3,(H2,14,15). The highest BCUT2D eigenvalue weighted by Crippen LogP contribution is 2.18. The molecule has 0 bridgehead atoms. The lowest BCUT2D eigenvalue weighted by Gasteiger charge is -2.31. The lowest BCUT2D eigenvalue weighted by atomic mass is 10.1. The molecule has 1 aromatic rings. The molecular weight excluding hydrogens is 230 g/mol. The van der Waals surface area contributed by atoms with E-state index in [1.54, 1.807) is 0 Å². The fourth-order valence-electron chi connectivity index (χ4n) is 2.22. The van der Waals surface area contributed by atoms with Crippen molar-refractivity contribution in [1.82, 2.24) is 9.88 Å². The Hall–Kier alpha value is -0.610. The van der Waals surface area contributed by atoms with E-state index in [1.165, 1.54) is 24.2 Å². The SMILES string of the molecule is CCC(CC)N(Cc1csc(N)n1)CC(C)C. The van der Waals surface area contributed by atoms with Crippen LogP contribution in [0.2, 0.25) is 0 Å². The molecule has 98 valence electrons. The van der Waals surface area contributed by atoms with E-state index in [-0.39, 0.29) is 0 Å². The van der Waals surface area contributed by atoms with Gasteiger partial charge in [-0.3, -0.25) is 4.90 Å². The van der Waals surface area contributed by atoms with E-state index in [4.69, 9.17) is 5.73 Å². The van der Waals surface area contributed by atoms with E-state index in [0.29, 0.717) is 17.1 Å². The summed E-state index contributed by atoms with van der Waals surface area (Å²) in [5, 5.41) is 2.75. The van der Waals surface area contributed by atoms with Crippen molar-refractivity contribution >= 4 is 16.5 Å². The van der Waals surface area contributed by atoms with Crippen LogP contribution in [0.25, 0.3) is 0 Å². The number of nitrogens with two attached hydrogens (primary N) is 1. The Morgan fingerprint density at radius 2 is 2.00 bits per heavy atom. The molecule has 0 saturated carbocycles. The lowest BCUT2D eigenvalue weighted by molar-refractivity contribution is 0.156. The van der Waals surface area contributed by atoms with Crippen LogP contribution >= 0.6 is 11.3 Å². The summed E-state index contributed by atoms with van der Waals surface area (Å²) < 4.78 is 0. The largest absolute Gasteiger partial charge is 0.375 e. The van der Waals surface area contributed by atoms with Crippen LogP contribution in [0.1, 0.15) is 46.2 Å². The summed E-state index contributed by atoms with van der Waals surface area (Å²) in [5.74, 6) is 0.687. The van der Waals surface area contributed by atoms with Crippen molar-refractivity contribution < 1.29 is 0 Å². The molecule has 0 aliphatic heterocycles. The molecule has 2 N–H and O–H groups in total. The van der Waals surface area contributed by atoms with Crippen LogP contribution in [0.4, 0.5) is 5.13 Å². The first-order chi connectivity index (χ1) is 8.06. The third-order valence-corrected chi connectivity index (χ3v) is 3.72. The zero-order chi connectivity index (χ0) is 12.8. The Morgan fingerprint density at radius 1 is 1.35 bits per heavy atom. The molecule has 0 unspecified atom stereocenters. The van der Waals surface area contributed by atoms with E-state index in [1.807, 2.05) is 0 Å². The van der Waals surface area contributed by atoms with E-state index in [0.717, 1.165) is 18.8 Å². The predicted molar refractivity (Wildman–Crippen MR) is 76.1 cm³/mol. The highest BCUT2D eigenvalue weighted by Gasteiger charge is 2.17. The van der Waals surface area contributed by atoms with E-state index < -0.39 is 0 Å². The molecule has 0 fully saturated rings. The summed E-state index contributed by atoms with van der Waals surface area (Å²) in [6, 6.07) is 0.653. The quantitative estimate of drug-likeness (QED) is 0.812. The molecule has 0 saturated heterocycles. The maximum Gasteiger partial charge on any atom is 0.180 e. The van der Waals surface area contributed by atoms with Crippen LogP contribution in [-0.4, -0.2) is 22.5 Å². The van der Waals surface area contributed by atoms with Gasteiger partial charge in [-0.05, 0) is 18.8 Å². The molecular formula is C13H25N3S. The molecule has 1 heterocycles. The fourth-order valence-corrected chi connectivity index (χ4v) is 2.77. The Labute approximate surface area is 109 Å². The minimum atomic E-state index is 0.653. The van der Waals surface area contributed by atoms with Crippen molar-refractivity contribution in [2.75, 3.05) is 12.3 Å². The van der Waals surface area contributed by atoms with Gasteiger partial charge >= 0.3 is 0 Å². The van der Waals surface area contributed by atoms with Gasteiger partial charge in [0.05, 0.1) is 5.69 Å². The van der Waals surface area contributed by atoms with Gasteiger partial charge in [0.15, 0.2) is 5.13 Å². The second-order valence-corrected chi connectivity index (χ2v) is 5.86. The van der Waals surface area contributed by atoms with Gasteiger partial charge in [0.1, 0.15) is 0 Å². The zero-order valence-corrected chi connectivity index (χ0v) is 12.3. The van der Waals surface area contributed by atoms with Crippen molar-refractivity contribution in [3.05, 3.63) is 11.1 Å². The van der Waals surface area contributed by atoms with E-state index >= 15 is 0 Å². The smallest absolute Gasteiger partial charge is 0.180 e. The Balaban J connectivity index is 2.68. The number of rotatable bonds is 7. The summed E-state index contributed by atoms with van der Waals surface area (Å²) in [6.07, 6.45) is 2.39. The first kappa shape index (κ1) is 14.5. The molecule has 4 heteroatoms. The molecule has 0 atom stereocenters. The molecule has 17 heavy (non-hydrogen) atoms. The van der Waals surface area contributed by atoms with Gasteiger partial charge in [0.2, 0.25) is 0 Å². The first-order valence-electron chi connectivity index (χ1n) is 6.50. The van der Waals surface area contributed by atoms with Gasteiger partial charge in [0, 0.05) is 24.5 Å². The van der Waals surface area contributed by atoms with Crippen molar-refractivity contribution in [3.63, 3.8) is 0 Å². The third-order valence-electron chi connectivity index (χ3n) is 2.99. The summed E-state index contributed by atoms with van der Waals surface area (Å²) in [4.78, 5) is 6.90. The Kier molecular flexibility index (Phi) is 5.92. The van der Waals surface area contributed by atoms with Crippen molar-refractivity contribution in [2.24, 2.45) is 5.92 Å². The Bertz CT molecular complexity index is 318. The second kappa shape index (κ2) is 6.97. The molecule has 0 radical (unpaired) electrons. The number of nitrogen functional groups attached to an aromatic ring is 1. The van der Waals surface area contributed by atoms with Crippen LogP contribution < -0.4 is 5.73 Å². The van der Waals surface area contributed by atoms with Gasteiger partial charge in [-0.2, -0.15) is 0 Å². The highest BCUT2D eigenvalue weighted by atomic mass is 32.1. The van der Waals surface area contributed by atoms with Crippen molar-refractivity contribution in [2.45, 2.75) is 53.1 Å². The van der Waals surface area contributed by atoms with Crippen LogP contribution in [0.3, 0.4) is 0 Å².